The normalized spacial score (nSPS) is 28.2. The highest BCUT2D eigenvalue weighted by molar-refractivity contribution is 6.05. The summed E-state index contributed by atoms with van der Waals surface area (Å²) in [5.41, 5.74) is 0. The van der Waals surface area contributed by atoms with Gasteiger partial charge in [0.25, 0.3) is 0 Å². The van der Waals surface area contributed by atoms with E-state index < -0.39 is 0 Å². The fourth-order valence-electron chi connectivity index (χ4n) is 2.91. The van der Waals surface area contributed by atoms with Gasteiger partial charge in [0.05, 0.1) is 18.4 Å². The summed E-state index contributed by atoms with van der Waals surface area (Å²) in [5, 5.41) is 0. The van der Waals surface area contributed by atoms with Crippen molar-refractivity contribution in [1.82, 2.24) is 9.80 Å². The lowest BCUT2D eigenvalue weighted by molar-refractivity contribution is -0.139. The average molecular weight is 248 g/mol. The molecular formula is C13H16N2O3. The molecule has 0 N–H and O–H groups in total. The molecule has 3 heterocycles. The molecule has 0 spiro atoms. The third kappa shape index (κ3) is 1.66. The Morgan fingerprint density at radius 2 is 1.83 bits per heavy atom. The number of nitrogens with zero attached hydrogens (tertiary/aromatic N) is 2. The van der Waals surface area contributed by atoms with Crippen LogP contribution in [0.2, 0.25) is 0 Å². The number of imide groups is 1. The first-order chi connectivity index (χ1) is 8.56. The van der Waals surface area contributed by atoms with Crippen LogP contribution in [0, 0.1) is 18.8 Å². The van der Waals surface area contributed by atoms with E-state index in [0.717, 1.165) is 11.5 Å². The van der Waals surface area contributed by atoms with Crippen molar-refractivity contribution >= 4 is 11.8 Å². The van der Waals surface area contributed by atoms with Crippen LogP contribution in [-0.2, 0) is 16.1 Å². The van der Waals surface area contributed by atoms with Gasteiger partial charge in [-0.05, 0) is 19.1 Å². The van der Waals surface area contributed by atoms with Crippen molar-refractivity contribution in [3.8, 4) is 0 Å². The van der Waals surface area contributed by atoms with Crippen molar-refractivity contribution in [3.05, 3.63) is 23.7 Å². The molecule has 0 saturated carbocycles. The van der Waals surface area contributed by atoms with E-state index in [1.54, 1.807) is 7.05 Å². The second kappa shape index (κ2) is 3.95. The van der Waals surface area contributed by atoms with E-state index in [2.05, 4.69) is 4.90 Å². The Labute approximate surface area is 105 Å². The number of fused-ring (bicyclic) bond motifs is 1. The maximum Gasteiger partial charge on any atom is 0.234 e. The quantitative estimate of drug-likeness (QED) is 0.721. The van der Waals surface area contributed by atoms with Gasteiger partial charge in [0.2, 0.25) is 11.8 Å². The number of amides is 2. The zero-order valence-corrected chi connectivity index (χ0v) is 10.5. The lowest BCUT2D eigenvalue weighted by atomic mass is 10.00. The molecule has 5 nitrogen and oxygen atoms in total. The molecule has 2 aliphatic heterocycles. The molecule has 2 atom stereocenters. The maximum absolute atomic E-state index is 11.9. The van der Waals surface area contributed by atoms with E-state index in [0.29, 0.717) is 19.6 Å². The van der Waals surface area contributed by atoms with Crippen molar-refractivity contribution in [2.75, 3.05) is 20.1 Å². The lowest BCUT2D eigenvalue weighted by Crippen LogP contribution is -2.32. The fourth-order valence-corrected chi connectivity index (χ4v) is 2.91. The zero-order valence-electron chi connectivity index (χ0n) is 10.5. The Bertz CT molecular complexity index is 484. The maximum atomic E-state index is 11.9. The molecule has 3 rings (SSSR count). The van der Waals surface area contributed by atoms with Gasteiger partial charge < -0.3 is 4.42 Å². The molecule has 0 unspecified atom stereocenters. The fraction of sp³-hybridized carbons (Fsp3) is 0.538. The molecule has 0 aliphatic carbocycles. The molecule has 0 radical (unpaired) electrons. The van der Waals surface area contributed by atoms with Gasteiger partial charge in [-0.1, -0.05) is 0 Å². The number of hydrogen-bond acceptors (Lipinski definition) is 4. The summed E-state index contributed by atoms with van der Waals surface area (Å²) in [6, 6.07) is 3.87. The molecule has 2 fully saturated rings. The molecule has 1 aromatic heterocycles. The second-order valence-corrected chi connectivity index (χ2v) is 5.15. The number of likely N-dealkylation sites (tertiary alicyclic amines) is 2. The lowest BCUT2D eigenvalue weighted by Gasteiger charge is -2.16. The Morgan fingerprint density at radius 3 is 2.33 bits per heavy atom. The molecule has 96 valence electrons. The third-order valence-corrected chi connectivity index (χ3v) is 3.87. The van der Waals surface area contributed by atoms with Crippen LogP contribution in [0.15, 0.2) is 16.5 Å². The predicted molar refractivity (Wildman–Crippen MR) is 63.5 cm³/mol. The molecular weight excluding hydrogens is 232 g/mol. The minimum absolute atomic E-state index is 0.0388. The van der Waals surface area contributed by atoms with Crippen LogP contribution in [0.4, 0.5) is 0 Å². The van der Waals surface area contributed by atoms with E-state index in [4.69, 9.17) is 4.42 Å². The topological polar surface area (TPSA) is 53.8 Å². The molecule has 2 amide bonds. The van der Waals surface area contributed by atoms with Crippen molar-refractivity contribution in [2.45, 2.75) is 13.5 Å². The molecule has 18 heavy (non-hydrogen) atoms. The van der Waals surface area contributed by atoms with Gasteiger partial charge in [0, 0.05) is 20.1 Å². The highest BCUT2D eigenvalue weighted by Crippen LogP contribution is 2.33. The van der Waals surface area contributed by atoms with Gasteiger partial charge in [0.1, 0.15) is 11.5 Å². The largest absolute Gasteiger partial charge is 0.465 e. The standard InChI is InChI=1S/C13H16N2O3/c1-8-3-4-9(18-8)5-15-6-10-11(7-15)13(17)14(2)12(10)16/h3-4,10-11H,5-7H2,1-2H3/t10-,11+. The molecule has 0 bridgehead atoms. The molecule has 1 aromatic rings. The van der Waals surface area contributed by atoms with Gasteiger partial charge in [-0.25, -0.2) is 0 Å². The van der Waals surface area contributed by atoms with Gasteiger partial charge >= 0.3 is 0 Å². The Hall–Kier alpha value is -1.62. The monoisotopic (exact) mass is 248 g/mol. The minimum Gasteiger partial charge on any atom is -0.465 e. The van der Waals surface area contributed by atoms with Crippen LogP contribution >= 0.6 is 0 Å². The first kappa shape index (κ1) is 11.5. The van der Waals surface area contributed by atoms with Gasteiger partial charge in [-0.2, -0.15) is 0 Å². The zero-order chi connectivity index (χ0) is 12.9. The van der Waals surface area contributed by atoms with Crippen LogP contribution in [0.3, 0.4) is 0 Å². The number of hydrogen-bond donors (Lipinski definition) is 0. The first-order valence-corrected chi connectivity index (χ1v) is 6.15. The number of rotatable bonds is 2. The first-order valence-electron chi connectivity index (χ1n) is 6.15. The van der Waals surface area contributed by atoms with Gasteiger partial charge in [-0.15, -0.1) is 0 Å². The smallest absolute Gasteiger partial charge is 0.234 e. The summed E-state index contributed by atoms with van der Waals surface area (Å²) < 4.78 is 5.52. The van der Waals surface area contributed by atoms with Crippen molar-refractivity contribution < 1.29 is 14.0 Å². The number of aryl methyl sites for hydroxylation is 1. The van der Waals surface area contributed by atoms with Crippen LogP contribution in [-0.4, -0.2) is 41.8 Å². The predicted octanol–water partition coefficient (Wildman–Crippen LogP) is 0.635. The summed E-state index contributed by atoms with van der Waals surface area (Å²) in [6.45, 7) is 3.88. The second-order valence-electron chi connectivity index (χ2n) is 5.15. The summed E-state index contributed by atoms with van der Waals surface area (Å²) in [4.78, 5) is 27.1. The summed E-state index contributed by atoms with van der Waals surface area (Å²) in [7, 11) is 1.57. The van der Waals surface area contributed by atoms with Crippen LogP contribution in [0.1, 0.15) is 11.5 Å². The number of furan rings is 1. The van der Waals surface area contributed by atoms with Crippen LogP contribution in [0.25, 0.3) is 0 Å². The van der Waals surface area contributed by atoms with Crippen molar-refractivity contribution in [3.63, 3.8) is 0 Å². The molecule has 0 aromatic carbocycles. The summed E-state index contributed by atoms with van der Waals surface area (Å²) in [6.07, 6.45) is 0. The minimum atomic E-state index is -0.154. The van der Waals surface area contributed by atoms with Crippen LogP contribution < -0.4 is 0 Å². The Balaban J connectivity index is 1.70. The molecule has 5 heteroatoms. The molecule has 2 aliphatic rings. The van der Waals surface area contributed by atoms with E-state index >= 15 is 0 Å². The van der Waals surface area contributed by atoms with E-state index in [1.807, 2.05) is 19.1 Å². The Kier molecular flexibility index (Phi) is 2.52. The Morgan fingerprint density at radius 1 is 1.22 bits per heavy atom. The van der Waals surface area contributed by atoms with Gasteiger partial charge in [-0.3, -0.25) is 19.4 Å². The highest BCUT2D eigenvalue weighted by Gasteiger charge is 2.50. The van der Waals surface area contributed by atoms with E-state index in [1.165, 1.54) is 4.90 Å². The summed E-state index contributed by atoms with van der Waals surface area (Å²) in [5.74, 6) is 1.39. The average Bonchev–Trinajstić information content (AvgIpc) is 2.97. The third-order valence-electron chi connectivity index (χ3n) is 3.87. The number of carbonyl (C=O) groups excluding carboxylic acids is 2. The number of carbonyl (C=O) groups is 2. The summed E-state index contributed by atoms with van der Waals surface area (Å²) >= 11 is 0. The van der Waals surface area contributed by atoms with Gasteiger partial charge in [0.15, 0.2) is 0 Å². The SMILES string of the molecule is Cc1ccc(CN2C[C@@H]3C(=O)N(C)C(=O)[C@@H]3C2)o1. The van der Waals surface area contributed by atoms with Crippen molar-refractivity contribution in [2.24, 2.45) is 11.8 Å². The highest BCUT2D eigenvalue weighted by atomic mass is 16.3. The van der Waals surface area contributed by atoms with E-state index in [9.17, 15) is 9.59 Å². The van der Waals surface area contributed by atoms with Crippen LogP contribution in [0.5, 0.6) is 0 Å². The van der Waals surface area contributed by atoms with Crippen molar-refractivity contribution in [1.29, 1.82) is 0 Å². The van der Waals surface area contributed by atoms with E-state index in [-0.39, 0.29) is 23.7 Å². The molecule has 2 saturated heterocycles.